The van der Waals surface area contributed by atoms with E-state index in [9.17, 15) is 8.42 Å². The van der Waals surface area contributed by atoms with Crippen LogP contribution in [0.25, 0.3) is 0 Å². The molecule has 0 aliphatic carbocycles. The van der Waals surface area contributed by atoms with Crippen molar-refractivity contribution in [3.63, 3.8) is 0 Å². The van der Waals surface area contributed by atoms with Gasteiger partial charge in [-0.25, -0.2) is 13.1 Å². The molecule has 0 saturated heterocycles. The monoisotopic (exact) mass is 243 g/mol. The van der Waals surface area contributed by atoms with Crippen LogP contribution in [0.2, 0.25) is 0 Å². The molecule has 0 saturated carbocycles. The van der Waals surface area contributed by atoms with Gasteiger partial charge in [0, 0.05) is 20.3 Å². The van der Waals surface area contributed by atoms with Crippen molar-refractivity contribution in [2.45, 2.75) is 13.0 Å². The summed E-state index contributed by atoms with van der Waals surface area (Å²) in [5, 5.41) is 0. The van der Waals surface area contributed by atoms with Crippen molar-refractivity contribution in [3.05, 3.63) is 35.9 Å². The fraction of sp³-hybridized carbons (Fsp3) is 0.455. The Bertz CT molecular complexity index is 389. The van der Waals surface area contributed by atoms with Crippen LogP contribution >= 0.6 is 0 Å². The lowest BCUT2D eigenvalue weighted by Gasteiger charge is -2.06. The Kier molecular flexibility index (Phi) is 5.45. The molecule has 4 nitrogen and oxygen atoms in total. The second-order valence-electron chi connectivity index (χ2n) is 3.47. The molecule has 0 bridgehead atoms. The molecule has 90 valence electrons. The van der Waals surface area contributed by atoms with Gasteiger partial charge in [-0.2, -0.15) is 0 Å². The average molecular weight is 243 g/mol. The van der Waals surface area contributed by atoms with Gasteiger partial charge in [-0.05, 0) is 12.0 Å². The standard InChI is InChI=1S/C11H17NO3S/c1-15-8-5-9-16(13,14)12-10-11-6-3-2-4-7-11/h2-4,6-7,12H,5,8-10H2,1H3. The predicted molar refractivity (Wildman–Crippen MR) is 63.6 cm³/mol. The Balaban J connectivity index is 2.36. The van der Waals surface area contributed by atoms with Crippen LogP contribution in [0.3, 0.4) is 0 Å². The van der Waals surface area contributed by atoms with Crippen LogP contribution in [0.1, 0.15) is 12.0 Å². The summed E-state index contributed by atoms with van der Waals surface area (Å²) in [7, 11) is -1.62. The van der Waals surface area contributed by atoms with Gasteiger partial charge < -0.3 is 4.74 Å². The first-order valence-corrected chi connectivity index (χ1v) is 6.79. The summed E-state index contributed by atoms with van der Waals surface area (Å²) in [4.78, 5) is 0. The average Bonchev–Trinajstić information content (AvgIpc) is 2.28. The fourth-order valence-corrected chi connectivity index (χ4v) is 2.28. The third kappa shape index (κ3) is 5.25. The van der Waals surface area contributed by atoms with Crippen LogP contribution in [0.4, 0.5) is 0 Å². The summed E-state index contributed by atoms with van der Waals surface area (Å²) in [5.74, 6) is 0.105. The van der Waals surface area contributed by atoms with Crippen molar-refractivity contribution >= 4 is 10.0 Å². The van der Waals surface area contributed by atoms with Gasteiger partial charge in [-0.15, -0.1) is 0 Å². The van der Waals surface area contributed by atoms with Crippen molar-refractivity contribution in [3.8, 4) is 0 Å². The summed E-state index contributed by atoms with van der Waals surface area (Å²) >= 11 is 0. The number of rotatable bonds is 7. The van der Waals surface area contributed by atoms with Crippen molar-refractivity contribution in [2.24, 2.45) is 0 Å². The highest BCUT2D eigenvalue weighted by Gasteiger charge is 2.08. The first kappa shape index (κ1) is 13.2. The van der Waals surface area contributed by atoms with E-state index in [0.29, 0.717) is 19.6 Å². The molecule has 5 heteroatoms. The smallest absolute Gasteiger partial charge is 0.211 e. The van der Waals surface area contributed by atoms with Crippen molar-refractivity contribution in [1.82, 2.24) is 4.72 Å². The summed E-state index contributed by atoms with van der Waals surface area (Å²) in [6.45, 7) is 0.808. The molecule has 0 amide bonds. The minimum Gasteiger partial charge on any atom is -0.385 e. The van der Waals surface area contributed by atoms with Crippen LogP contribution in [-0.4, -0.2) is 27.9 Å². The van der Waals surface area contributed by atoms with E-state index in [1.54, 1.807) is 7.11 Å². The number of nitrogens with one attached hydrogen (secondary N) is 1. The van der Waals surface area contributed by atoms with Crippen LogP contribution in [-0.2, 0) is 21.3 Å². The molecule has 0 aliphatic heterocycles. The molecule has 1 N–H and O–H groups in total. The lowest BCUT2D eigenvalue weighted by atomic mass is 10.2. The first-order chi connectivity index (χ1) is 7.64. The molecular formula is C11H17NO3S. The Labute approximate surface area is 96.7 Å². The zero-order valence-corrected chi connectivity index (χ0v) is 10.2. The number of hydrogen-bond acceptors (Lipinski definition) is 3. The zero-order valence-electron chi connectivity index (χ0n) is 9.35. The van der Waals surface area contributed by atoms with Crippen LogP contribution in [0, 0.1) is 0 Å². The van der Waals surface area contributed by atoms with Gasteiger partial charge in [-0.3, -0.25) is 0 Å². The molecule has 0 heterocycles. The van der Waals surface area contributed by atoms with Crippen LogP contribution in [0.15, 0.2) is 30.3 Å². The topological polar surface area (TPSA) is 55.4 Å². The van der Waals surface area contributed by atoms with Gasteiger partial charge in [0.15, 0.2) is 0 Å². The lowest BCUT2D eigenvalue weighted by molar-refractivity contribution is 0.199. The normalized spacial score (nSPS) is 11.6. The molecule has 0 atom stereocenters. The summed E-state index contributed by atoms with van der Waals surface area (Å²) in [5.41, 5.74) is 0.956. The number of methoxy groups -OCH3 is 1. The van der Waals surface area contributed by atoms with Gasteiger partial charge in [0.05, 0.1) is 5.75 Å². The Morgan fingerprint density at radius 1 is 1.25 bits per heavy atom. The van der Waals surface area contributed by atoms with Gasteiger partial charge in [-0.1, -0.05) is 30.3 Å². The third-order valence-electron chi connectivity index (χ3n) is 2.10. The number of hydrogen-bond donors (Lipinski definition) is 1. The lowest BCUT2D eigenvalue weighted by Crippen LogP contribution is -2.26. The highest BCUT2D eigenvalue weighted by atomic mass is 32.2. The first-order valence-electron chi connectivity index (χ1n) is 5.14. The highest BCUT2D eigenvalue weighted by molar-refractivity contribution is 7.89. The maximum atomic E-state index is 11.5. The molecule has 16 heavy (non-hydrogen) atoms. The predicted octanol–water partition coefficient (Wildman–Crippen LogP) is 1.14. The minimum atomic E-state index is -3.18. The van der Waals surface area contributed by atoms with Gasteiger partial charge in [0.1, 0.15) is 0 Å². The highest BCUT2D eigenvalue weighted by Crippen LogP contribution is 1.99. The van der Waals surface area contributed by atoms with E-state index in [2.05, 4.69) is 4.72 Å². The molecule has 0 aromatic heterocycles. The maximum Gasteiger partial charge on any atom is 0.211 e. The van der Waals surface area contributed by atoms with Crippen molar-refractivity contribution in [1.29, 1.82) is 0 Å². The van der Waals surface area contributed by atoms with E-state index < -0.39 is 10.0 Å². The van der Waals surface area contributed by atoms with Crippen molar-refractivity contribution < 1.29 is 13.2 Å². The molecule has 0 aliphatic rings. The van der Waals surface area contributed by atoms with E-state index >= 15 is 0 Å². The van der Waals surface area contributed by atoms with E-state index in [1.807, 2.05) is 30.3 Å². The molecule has 1 rings (SSSR count). The zero-order chi connectivity index (χ0) is 11.9. The Morgan fingerprint density at radius 3 is 2.56 bits per heavy atom. The molecular weight excluding hydrogens is 226 g/mol. The Morgan fingerprint density at radius 2 is 1.94 bits per heavy atom. The molecule has 0 radical (unpaired) electrons. The Hall–Kier alpha value is -0.910. The molecule has 0 fully saturated rings. The van der Waals surface area contributed by atoms with Crippen LogP contribution < -0.4 is 4.72 Å². The molecule has 1 aromatic rings. The largest absolute Gasteiger partial charge is 0.385 e. The molecule has 0 spiro atoms. The van der Waals surface area contributed by atoms with E-state index in [0.717, 1.165) is 5.56 Å². The summed E-state index contributed by atoms with van der Waals surface area (Å²) in [6, 6.07) is 9.44. The third-order valence-corrected chi connectivity index (χ3v) is 3.51. The van der Waals surface area contributed by atoms with E-state index in [-0.39, 0.29) is 5.75 Å². The fourth-order valence-electron chi connectivity index (χ4n) is 1.25. The second kappa shape index (κ2) is 6.62. The number of sulfonamides is 1. The minimum absolute atomic E-state index is 0.105. The second-order valence-corrected chi connectivity index (χ2v) is 5.40. The van der Waals surface area contributed by atoms with Crippen molar-refractivity contribution in [2.75, 3.05) is 19.5 Å². The van der Waals surface area contributed by atoms with Crippen LogP contribution in [0.5, 0.6) is 0 Å². The molecule has 1 aromatic carbocycles. The quantitative estimate of drug-likeness (QED) is 0.731. The van der Waals surface area contributed by atoms with Gasteiger partial charge >= 0.3 is 0 Å². The van der Waals surface area contributed by atoms with E-state index in [1.165, 1.54) is 0 Å². The summed E-state index contributed by atoms with van der Waals surface area (Å²) in [6.07, 6.45) is 0.515. The van der Waals surface area contributed by atoms with E-state index in [4.69, 9.17) is 4.74 Å². The number of benzene rings is 1. The van der Waals surface area contributed by atoms with Gasteiger partial charge in [0.25, 0.3) is 0 Å². The SMILES string of the molecule is COCCCS(=O)(=O)NCc1ccccc1. The van der Waals surface area contributed by atoms with Gasteiger partial charge in [0.2, 0.25) is 10.0 Å². The maximum absolute atomic E-state index is 11.5. The molecule has 0 unspecified atom stereocenters. The number of ether oxygens (including phenoxy) is 1. The summed E-state index contributed by atoms with van der Waals surface area (Å²) < 4.78 is 30.4.